The summed E-state index contributed by atoms with van der Waals surface area (Å²) in [5.74, 6) is -0.262. The Labute approximate surface area is 56.7 Å². The SMILES string of the molecule is O=C1N=CC=C2N=NC=C12. The lowest BCUT2D eigenvalue weighted by Crippen LogP contribution is -2.03. The number of azo groups is 1. The van der Waals surface area contributed by atoms with E-state index in [1.54, 1.807) is 6.08 Å². The average molecular weight is 133 g/mol. The van der Waals surface area contributed by atoms with E-state index in [4.69, 9.17) is 0 Å². The maximum atomic E-state index is 10.8. The van der Waals surface area contributed by atoms with Crippen LogP contribution in [0, 0.1) is 0 Å². The van der Waals surface area contributed by atoms with E-state index < -0.39 is 0 Å². The van der Waals surface area contributed by atoms with Gasteiger partial charge in [-0.25, -0.2) is 4.99 Å². The summed E-state index contributed by atoms with van der Waals surface area (Å²) in [5, 5.41) is 7.26. The van der Waals surface area contributed by atoms with Gasteiger partial charge in [0.05, 0.1) is 11.8 Å². The highest BCUT2D eigenvalue weighted by Crippen LogP contribution is 2.21. The van der Waals surface area contributed by atoms with Gasteiger partial charge in [-0.15, -0.1) is 0 Å². The van der Waals surface area contributed by atoms with E-state index in [-0.39, 0.29) is 5.91 Å². The van der Waals surface area contributed by atoms with Crippen LogP contribution in [0.15, 0.2) is 38.8 Å². The molecule has 2 aliphatic heterocycles. The van der Waals surface area contributed by atoms with Gasteiger partial charge in [0.25, 0.3) is 5.91 Å². The molecule has 2 aliphatic rings. The minimum atomic E-state index is -0.262. The van der Waals surface area contributed by atoms with Gasteiger partial charge < -0.3 is 0 Å². The molecule has 0 unspecified atom stereocenters. The van der Waals surface area contributed by atoms with Gasteiger partial charge in [0.1, 0.15) is 5.70 Å². The highest BCUT2D eigenvalue weighted by molar-refractivity contribution is 6.07. The molecule has 1 amide bonds. The van der Waals surface area contributed by atoms with Crippen molar-refractivity contribution in [1.29, 1.82) is 0 Å². The van der Waals surface area contributed by atoms with Crippen molar-refractivity contribution in [3.8, 4) is 0 Å². The fraction of sp³-hybridized carbons (Fsp3) is 0. The first-order valence-electron chi connectivity index (χ1n) is 2.78. The third-order valence-corrected chi connectivity index (χ3v) is 1.28. The van der Waals surface area contributed by atoms with Crippen molar-refractivity contribution in [2.45, 2.75) is 0 Å². The molecular weight excluding hydrogens is 130 g/mol. The molecule has 10 heavy (non-hydrogen) atoms. The van der Waals surface area contributed by atoms with Crippen LogP contribution in [0.25, 0.3) is 0 Å². The number of amides is 1. The van der Waals surface area contributed by atoms with Gasteiger partial charge in [0.15, 0.2) is 0 Å². The largest absolute Gasteiger partial charge is 0.280 e. The zero-order valence-electron chi connectivity index (χ0n) is 4.98. The standard InChI is InChI=1S/C6H3N3O/c10-6-4-3-8-9-5(4)1-2-7-6/h1-3H. The number of nitrogens with zero attached hydrogens (tertiary/aromatic N) is 3. The van der Waals surface area contributed by atoms with Crippen LogP contribution in [0.4, 0.5) is 0 Å². The smallest absolute Gasteiger partial charge is 0.267 e. The van der Waals surface area contributed by atoms with Crippen LogP contribution in [0.2, 0.25) is 0 Å². The van der Waals surface area contributed by atoms with Crippen molar-refractivity contribution in [3.63, 3.8) is 0 Å². The molecule has 0 atom stereocenters. The number of rotatable bonds is 0. The first-order chi connectivity index (χ1) is 4.88. The van der Waals surface area contributed by atoms with Crippen molar-refractivity contribution >= 4 is 12.1 Å². The van der Waals surface area contributed by atoms with Gasteiger partial charge in [0.2, 0.25) is 0 Å². The molecule has 0 saturated carbocycles. The molecule has 0 fully saturated rings. The molecule has 0 spiro atoms. The quantitative estimate of drug-likeness (QED) is 0.482. The van der Waals surface area contributed by atoms with Gasteiger partial charge in [-0.2, -0.15) is 10.2 Å². The summed E-state index contributed by atoms with van der Waals surface area (Å²) in [6, 6.07) is 0. The van der Waals surface area contributed by atoms with Crippen molar-refractivity contribution in [1.82, 2.24) is 0 Å². The van der Waals surface area contributed by atoms with Crippen LogP contribution < -0.4 is 0 Å². The lowest BCUT2D eigenvalue weighted by atomic mass is 10.2. The Balaban J connectivity index is 2.54. The maximum Gasteiger partial charge on any atom is 0.280 e. The average Bonchev–Trinajstić information content (AvgIpc) is 2.36. The monoisotopic (exact) mass is 133 g/mol. The Kier molecular flexibility index (Phi) is 0.887. The number of hydrogen-bond donors (Lipinski definition) is 0. The molecule has 0 aromatic carbocycles. The van der Waals surface area contributed by atoms with Crippen LogP contribution in [0.1, 0.15) is 0 Å². The van der Waals surface area contributed by atoms with Crippen LogP contribution in [-0.2, 0) is 4.79 Å². The number of dihydropyridines is 1. The van der Waals surface area contributed by atoms with Gasteiger partial charge in [-0.1, -0.05) is 0 Å². The second-order valence-electron chi connectivity index (χ2n) is 1.89. The Morgan fingerprint density at radius 1 is 1.40 bits per heavy atom. The molecule has 2 heterocycles. The number of carbonyl (C=O) groups excluding carboxylic acids is 1. The van der Waals surface area contributed by atoms with Gasteiger partial charge in [0, 0.05) is 6.21 Å². The molecule has 2 rings (SSSR count). The summed E-state index contributed by atoms with van der Waals surface area (Å²) in [7, 11) is 0. The second kappa shape index (κ2) is 1.70. The number of hydrogen-bond acceptors (Lipinski definition) is 3. The van der Waals surface area contributed by atoms with Gasteiger partial charge in [-0.3, -0.25) is 4.79 Å². The van der Waals surface area contributed by atoms with Gasteiger partial charge in [-0.05, 0) is 6.08 Å². The van der Waals surface area contributed by atoms with E-state index in [1.165, 1.54) is 12.4 Å². The summed E-state index contributed by atoms with van der Waals surface area (Å²) in [5.41, 5.74) is 1.10. The molecule has 48 valence electrons. The Morgan fingerprint density at radius 3 is 3.10 bits per heavy atom. The van der Waals surface area contributed by atoms with Crippen LogP contribution in [-0.4, -0.2) is 12.1 Å². The van der Waals surface area contributed by atoms with E-state index >= 15 is 0 Å². The molecule has 0 bridgehead atoms. The Bertz CT molecular complexity index is 303. The van der Waals surface area contributed by atoms with E-state index in [0.29, 0.717) is 11.3 Å². The number of carbonyl (C=O) groups is 1. The van der Waals surface area contributed by atoms with E-state index in [0.717, 1.165) is 0 Å². The molecule has 4 nitrogen and oxygen atoms in total. The minimum absolute atomic E-state index is 0.262. The first kappa shape index (κ1) is 5.22. The fourth-order valence-electron chi connectivity index (χ4n) is 0.802. The van der Waals surface area contributed by atoms with Gasteiger partial charge >= 0.3 is 0 Å². The summed E-state index contributed by atoms with van der Waals surface area (Å²) in [4.78, 5) is 14.4. The summed E-state index contributed by atoms with van der Waals surface area (Å²) in [6.07, 6.45) is 4.51. The van der Waals surface area contributed by atoms with Crippen molar-refractivity contribution < 1.29 is 4.79 Å². The zero-order valence-corrected chi connectivity index (χ0v) is 4.98. The maximum absolute atomic E-state index is 10.8. The van der Waals surface area contributed by atoms with Crippen molar-refractivity contribution in [2.75, 3.05) is 0 Å². The third kappa shape index (κ3) is 0.556. The zero-order chi connectivity index (χ0) is 6.97. The number of aliphatic imine (C=N–C) groups is 1. The molecular formula is C6H3N3O. The molecule has 0 radical (unpaired) electrons. The Morgan fingerprint density at radius 2 is 2.30 bits per heavy atom. The Hall–Kier alpha value is -1.58. The predicted molar refractivity (Wildman–Crippen MR) is 34.5 cm³/mol. The molecule has 0 aromatic rings. The predicted octanol–water partition coefficient (Wildman–Crippen LogP) is 0.831. The minimum Gasteiger partial charge on any atom is -0.267 e. The number of allylic oxidation sites excluding steroid dienone is 1. The van der Waals surface area contributed by atoms with Crippen molar-refractivity contribution in [2.24, 2.45) is 15.2 Å². The lowest BCUT2D eigenvalue weighted by molar-refractivity contribution is -0.114. The molecule has 0 saturated heterocycles. The van der Waals surface area contributed by atoms with E-state index in [9.17, 15) is 4.79 Å². The number of fused-ring (bicyclic) bond motifs is 1. The molecule has 0 aliphatic carbocycles. The first-order valence-corrected chi connectivity index (χ1v) is 2.78. The highest BCUT2D eigenvalue weighted by Gasteiger charge is 2.18. The topological polar surface area (TPSA) is 54.1 Å². The lowest BCUT2D eigenvalue weighted by Gasteiger charge is -1.98. The fourth-order valence-corrected chi connectivity index (χ4v) is 0.802. The third-order valence-electron chi connectivity index (χ3n) is 1.28. The summed E-state index contributed by atoms with van der Waals surface area (Å²) in [6.45, 7) is 0. The van der Waals surface area contributed by atoms with Crippen LogP contribution >= 0.6 is 0 Å². The normalized spacial score (nSPS) is 20.6. The van der Waals surface area contributed by atoms with E-state index in [1.807, 2.05) is 0 Å². The van der Waals surface area contributed by atoms with Crippen molar-refractivity contribution in [3.05, 3.63) is 23.5 Å². The molecule has 0 N–H and O–H groups in total. The van der Waals surface area contributed by atoms with Crippen LogP contribution in [0.5, 0.6) is 0 Å². The van der Waals surface area contributed by atoms with E-state index in [2.05, 4.69) is 15.2 Å². The summed E-state index contributed by atoms with van der Waals surface area (Å²) < 4.78 is 0. The second-order valence-corrected chi connectivity index (χ2v) is 1.89. The highest BCUT2D eigenvalue weighted by atomic mass is 16.1. The molecule has 4 heteroatoms. The van der Waals surface area contributed by atoms with Crippen LogP contribution in [0.3, 0.4) is 0 Å². The summed E-state index contributed by atoms with van der Waals surface area (Å²) >= 11 is 0. The molecule has 0 aromatic heterocycles.